The van der Waals surface area contributed by atoms with Crippen LogP contribution in [-0.4, -0.2) is 20.5 Å². The Bertz CT molecular complexity index is 971. The van der Waals surface area contributed by atoms with Gasteiger partial charge in [-0.05, 0) is 36.6 Å². The number of aromatic nitrogens is 3. The highest BCUT2D eigenvalue weighted by Crippen LogP contribution is 2.25. The quantitative estimate of drug-likeness (QED) is 0.628. The summed E-state index contributed by atoms with van der Waals surface area (Å²) in [6.45, 7) is 1.91. The second-order valence-electron chi connectivity index (χ2n) is 5.33. The van der Waals surface area contributed by atoms with Gasteiger partial charge in [-0.25, -0.2) is 0 Å². The lowest BCUT2D eigenvalue weighted by molar-refractivity contribution is 0.0942. The fourth-order valence-electron chi connectivity index (χ4n) is 2.58. The van der Waals surface area contributed by atoms with Crippen LogP contribution in [-0.2, 0) is 0 Å². The van der Waals surface area contributed by atoms with Crippen molar-refractivity contribution < 1.29 is 4.79 Å². The van der Waals surface area contributed by atoms with Crippen molar-refractivity contribution in [2.24, 2.45) is 0 Å². The van der Waals surface area contributed by atoms with E-state index in [1.807, 2.05) is 66.1 Å². The molecule has 1 aromatic carbocycles. The summed E-state index contributed by atoms with van der Waals surface area (Å²) in [6, 6.07) is 15.4. The minimum Gasteiger partial charge on any atom is -0.342 e. The highest BCUT2D eigenvalue weighted by Gasteiger charge is 2.18. The number of amides is 1. The predicted octanol–water partition coefficient (Wildman–Crippen LogP) is 3.44. The van der Waals surface area contributed by atoms with Crippen LogP contribution in [0.25, 0.3) is 15.7 Å². The second kappa shape index (κ2) is 5.48. The summed E-state index contributed by atoms with van der Waals surface area (Å²) in [6.07, 6.45) is 1.90. The maximum atomic E-state index is 12.5. The molecule has 1 amide bonds. The molecule has 0 aliphatic heterocycles. The van der Waals surface area contributed by atoms with Gasteiger partial charge in [-0.1, -0.05) is 24.3 Å². The SMILES string of the molecule is CC(NC(=O)c1cc2ccccc2s1)c1nnc2ccccn12. The van der Waals surface area contributed by atoms with Crippen LogP contribution in [0.15, 0.2) is 54.7 Å². The first kappa shape index (κ1) is 13.9. The average molecular weight is 322 g/mol. The molecule has 6 heteroatoms. The normalized spacial score (nSPS) is 12.6. The number of hydrogen-bond acceptors (Lipinski definition) is 4. The largest absolute Gasteiger partial charge is 0.342 e. The molecule has 0 aliphatic carbocycles. The highest BCUT2D eigenvalue weighted by molar-refractivity contribution is 7.20. The van der Waals surface area contributed by atoms with Gasteiger partial charge in [0.1, 0.15) is 0 Å². The first-order valence-electron chi connectivity index (χ1n) is 7.31. The minimum atomic E-state index is -0.231. The number of carbonyl (C=O) groups is 1. The summed E-state index contributed by atoms with van der Waals surface area (Å²) in [5.74, 6) is 0.626. The standard InChI is InChI=1S/C17H14N4OS/c1-11(16-20-19-15-8-4-5-9-21(15)16)18-17(22)14-10-12-6-2-3-7-13(12)23-14/h2-11H,1H3,(H,18,22). The van der Waals surface area contributed by atoms with Crippen molar-refractivity contribution in [2.45, 2.75) is 13.0 Å². The monoisotopic (exact) mass is 322 g/mol. The Morgan fingerprint density at radius 2 is 2.00 bits per heavy atom. The van der Waals surface area contributed by atoms with Gasteiger partial charge in [-0.3, -0.25) is 9.20 Å². The molecule has 4 rings (SSSR count). The van der Waals surface area contributed by atoms with Gasteiger partial charge in [0.05, 0.1) is 10.9 Å². The Balaban J connectivity index is 1.60. The average Bonchev–Trinajstić information content (AvgIpc) is 3.18. The molecule has 1 N–H and O–H groups in total. The zero-order valence-electron chi connectivity index (χ0n) is 12.4. The molecule has 1 unspecified atom stereocenters. The van der Waals surface area contributed by atoms with Crippen LogP contribution in [0.5, 0.6) is 0 Å². The number of rotatable bonds is 3. The lowest BCUT2D eigenvalue weighted by Crippen LogP contribution is -2.27. The number of hydrogen-bond donors (Lipinski definition) is 1. The molecule has 3 aromatic heterocycles. The fourth-order valence-corrected chi connectivity index (χ4v) is 3.55. The van der Waals surface area contributed by atoms with Gasteiger partial charge in [0.2, 0.25) is 0 Å². The summed E-state index contributed by atoms with van der Waals surface area (Å²) in [7, 11) is 0. The zero-order chi connectivity index (χ0) is 15.8. The van der Waals surface area contributed by atoms with Crippen LogP contribution in [0.3, 0.4) is 0 Å². The molecule has 0 fully saturated rings. The molecule has 0 saturated carbocycles. The number of carbonyl (C=O) groups excluding carboxylic acids is 1. The number of nitrogens with zero attached hydrogens (tertiary/aromatic N) is 3. The molecule has 0 radical (unpaired) electrons. The number of benzene rings is 1. The van der Waals surface area contributed by atoms with E-state index >= 15 is 0 Å². The van der Waals surface area contributed by atoms with Crippen molar-refractivity contribution in [3.05, 3.63) is 65.4 Å². The Morgan fingerprint density at radius 1 is 1.17 bits per heavy atom. The number of thiophene rings is 1. The molecule has 3 heterocycles. The third kappa shape index (κ3) is 2.47. The van der Waals surface area contributed by atoms with Crippen molar-refractivity contribution in [3.63, 3.8) is 0 Å². The molecule has 23 heavy (non-hydrogen) atoms. The van der Waals surface area contributed by atoms with Crippen molar-refractivity contribution in [1.29, 1.82) is 0 Å². The maximum Gasteiger partial charge on any atom is 0.261 e. The number of nitrogens with one attached hydrogen (secondary N) is 1. The maximum absolute atomic E-state index is 12.5. The molecular formula is C17H14N4OS. The van der Waals surface area contributed by atoms with Crippen LogP contribution in [0, 0.1) is 0 Å². The van der Waals surface area contributed by atoms with Gasteiger partial charge in [-0.2, -0.15) is 0 Å². The number of pyridine rings is 1. The molecule has 0 spiro atoms. The summed E-state index contributed by atoms with van der Waals surface area (Å²) in [5.41, 5.74) is 0.769. The highest BCUT2D eigenvalue weighted by atomic mass is 32.1. The second-order valence-corrected chi connectivity index (χ2v) is 6.41. The molecule has 114 valence electrons. The lowest BCUT2D eigenvalue weighted by Gasteiger charge is -2.11. The smallest absolute Gasteiger partial charge is 0.261 e. The lowest BCUT2D eigenvalue weighted by atomic mass is 10.2. The Morgan fingerprint density at radius 3 is 2.87 bits per heavy atom. The van der Waals surface area contributed by atoms with Gasteiger partial charge >= 0.3 is 0 Å². The summed E-state index contributed by atoms with van der Waals surface area (Å²) >= 11 is 1.49. The Labute approximate surface area is 136 Å². The van der Waals surface area contributed by atoms with E-state index < -0.39 is 0 Å². The van der Waals surface area contributed by atoms with Crippen molar-refractivity contribution in [1.82, 2.24) is 19.9 Å². The molecular weight excluding hydrogens is 308 g/mol. The molecule has 5 nitrogen and oxygen atoms in total. The Hall–Kier alpha value is -2.73. The molecule has 0 saturated heterocycles. The van der Waals surface area contributed by atoms with E-state index in [0.29, 0.717) is 4.88 Å². The summed E-state index contributed by atoms with van der Waals surface area (Å²) in [5, 5.41) is 12.4. The first-order valence-corrected chi connectivity index (χ1v) is 8.13. The van der Waals surface area contributed by atoms with Gasteiger partial charge in [0.25, 0.3) is 5.91 Å². The molecule has 0 aliphatic rings. The van der Waals surface area contributed by atoms with Crippen LogP contribution < -0.4 is 5.32 Å². The fraction of sp³-hybridized carbons (Fsp3) is 0.118. The van der Waals surface area contributed by atoms with Gasteiger partial charge in [0.15, 0.2) is 11.5 Å². The molecule has 4 aromatic rings. The van der Waals surface area contributed by atoms with Crippen molar-refractivity contribution >= 4 is 33.0 Å². The van der Waals surface area contributed by atoms with E-state index in [4.69, 9.17) is 0 Å². The third-order valence-electron chi connectivity index (χ3n) is 3.72. The van der Waals surface area contributed by atoms with E-state index in [2.05, 4.69) is 15.5 Å². The predicted molar refractivity (Wildman–Crippen MR) is 90.7 cm³/mol. The summed E-state index contributed by atoms with van der Waals surface area (Å²) < 4.78 is 2.99. The van der Waals surface area contributed by atoms with E-state index in [1.54, 1.807) is 0 Å². The van der Waals surface area contributed by atoms with Crippen LogP contribution in [0.2, 0.25) is 0 Å². The van der Waals surface area contributed by atoms with Crippen molar-refractivity contribution in [3.8, 4) is 0 Å². The van der Waals surface area contributed by atoms with E-state index in [0.717, 1.165) is 21.6 Å². The van der Waals surface area contributed by atoms with E-state index in [1.165, 1.54) is 11.3 Å². The van der Waals surface area contributed by atoms with E-state index in [-0.39, 0.29) is 11.9 Å². The molecule has 1 atom stereocenters. The van der Waals surface area contributed by atoms with Crippen LogP contribution in [0.4, 0.5) is 0 Å². The topological polar surface area (TPSA) is 59.3 Å². The van der Waals surface area contributed by atoms with Gasteiger partial charge in [-0.15, -0.1) is 21.5 Å². The summed E-state index contributed by atoms with van der Waals surface area (Å²) in [4.78, 5) is 13.2. The van der Waals surface area contributed by atoms with Crippen molar-refractivity contribution in [2.75, 3.05) is 0 Å². The van der Waals surface area contributed by atoms with Crippen LogP contribution >= 0.6 is 11.3 Å². The van der Waals surface area contributed by atoms with E-state index in [9.17, 15) is 4.79 Å². The van der Waals surface area contributed by atoms with Gasteiger partial charge in [0, 0.05) is 10.9 Å². The van der Waals surface area contributed by atoms with Crippen LogP contribution in [0.1, 0.15) is 28.5 Å². The zero-order valence-corrected chi connectivity index (χ0v) is 13.2. The first-order chi connectivity index (χ1) is 11.2. The third-order valence-corrected chi connectivity index (χ3v) is 4.84. The number of fused-ring (bicyclic) bond motifs is 2. The van der Waals surface area contributed by atoms with Gasteiger partial charge < -0.3 is 5.32 Å². The molecule has 0 bridgehead atoms. The minimum absolute atomic E-state index is 0.0913. The Kier molecular flexibility index (Phi) is 3.31.